The number of aromatic hydroxyl groups is 1. The molecule has 210 valence electrons. The number of carbonyl (C=O) groups excluding carboxylic acids is 2. The molecule has 0 radical (unpaired) electrons. The van der Waals surface area contributed by atoms with Gasteiger partial charge in [-0.05, 0) is 30.7 Å². The van der Waals surface area contributed by atoms with E-state index in [9.17, 15) is 14.7 Å². The summed E-state index contributed by atoms with van der Waals surface area (Å²) < 4.78 is 12.6. The Balaban J connectivity index is 0.00000260. The summed E-state index contributed by atoms with van der Waals surface area (Å²) in [4.78, 5) is 34.6. The summed E-state index contributed by atoms with van der Waals surface area (Å²) in [5.41, 5.74) is 1.78. The Morgan fingerprint density at radius 3 is 2.51 bits per heavy atom. The van der Waals surface area contributed by atoms with Gasteiger partial charge in [-0.15, -0.1) is 0 Å². The maximum Gasteiger partial charge on any atom is 0.363 e. The topological polar surface area (TPSA) is 111 Å². The second-order valence-corrected chi connectivity index (χ2v) is 9.62. The molecule has 0 saturated carbocycles. The Bertz CT molecular complexity index is 1260. The molecule has 9 nitrogen and oxygen atoms in total. The van der Waals surface area contributed by atoms with E-state index in [1.54, 1.807) is 50.2 Å². The Kier molecular flexibility index (Phi) is 11.5. The van der Waals surface area contributed by atoms with Crippen molar-refractivity contribution in [3.8, 4) is 5.75 Å². The normalized spacial score (nSPS) is 11.5. The minimum Gasteiger partial charge on any atom is -0.506 e. The lowest BCUT2D eigenvalue weighted by Gasteiger charge is -2.30. The van der Waals surface area contributed by atoms with Gasteiger partial charge in [-0.3, -0.25) is 9.63 Å². The number of benzene rings is 2. The molecule has 3 rings (SSSR count). The first-order valence-corrected chi connectivity index (χ1v) is 13.0. The quantitative estimate of drug-likeness (QED) is 0.198. The zero-order valence-electron chi connectivity index (χ0n) is 23.4. The third kappa shape index (κ3) is 8.58. The number of carbonyl (C=O) groups is 2. The number of para-hydroxylation sites is 2. The lowest BCUT2D eigenvalue weighted by atomic mass is 9.88. The summed E-state index contributed by atoms with van der Waals surface area (Å²) in [6, 6.07) is 12.0. The number of nitrogens with zero attached hydrogens (tertiary/aromatic N) is 2. The largest absolute Gasteiger partial charge is 0.506 e. The Labute approximate surface area is 234 Å². The van der Waals surface area contributed by atoms with E-state index in [0.717, 1.165) is 5.69 Å². The number of aryl methyl sites for hydroxylation is 1. The highest BCUT2D eigenvalue weighted by Crippen LogP contribution is 2.35. The number of anilines is 2. The van der Waals surface area contributed by atoms with E-state index in [0.29, 0.717) is 22.0 Å². The van der Waals surface area contributed by atoms with Gasteiger partial charge in [0.05, 0.1) is 29.9 Å². The van der Waals surface area contributed by atoms with Crippen LogP contribution in [-0.4, -0.2) is 41.8 Å². The van der Waals surface area contributed by atoms with Crippen molar-refractivity contribution in [2.24, 2.45) is 5.41 Å². The van der Waals surface area contributed by atoms with Gasteiger partial charge >= 0.3 is 11.9 Å². The Morgan fingerprint density at radius 1 is 1.15 bits per heavy atom. The van der Waals surface area contributed by atoms with Crippen LogP contribution >= 0.6 is 11.6 Å². The first kappa shape index (κ1) is 31.4. The van der Waals surface area contributed by atoms with Crippen LogP contribution in [0.3, 0.4) is 0 Å². The molecule has 1 heterocycles. The Hall–Kier alpha value is -3.85. The summed E-state index contributed by atoms with van der Waals surface area (Å²) in [5.74, 6) is -1.07. The molecule has 2 aromatic carbocycles. The maximum absolute atomic E-state index is 12.7. The average Bonchev–Trinajstić information content (AvgIpc) is 2.92. The van der Waals surface area contributed by atoms with Crippen LogP contribution in [0, 0.1) is 12.3 Å². The number of rotatable bonds is 10. The number of phenols is 1. The summed E-state index contributed by atoms with van der Waals surface area (Å²) in [5, 5.41) is 13.6. The van der Waals surface area contributed by atoms with Crippen molar-refractivity contribution in [2.45, 2.75) is 54.1 Å². The van der Waals surface area contributed by atoms with Crippen molar-refractivity contribution in [3.05, 3.63) is 76.8 Å². The van der Waals surface area contributed by atoms with Crippen LogP contribution in [0.1, 0.15) is 56.4 Å². The van der Waals surface area contributed by atoms with Crippen LogP contribution in [0.15, 0.2) is 54.9 Å². The number of aromatic nitrogens is 2. The molecule has 0 aliphatic rings. The van der Waals surface area contributed by atoms with Crippen LogP contribution in [0.4, 0.5) is 11.4 Å². The predicted octanol–water partition coefficient (Wildman–Crippen LogP) is 5.22. The van der Waals surface area contributed by atoms with Crippen molar-refractivity contribution in [1.29, 1.82) is 0 Å². The van der Waals surface area contributed by atoms with Gasteiger partial charge in [0.25, 0.3) is 6.20 Å². The minimum atomic E-state index is -0.672. The molecule has 0 fully saturated rings. The van der Waals surface area contributed by atoms with Gasteiger partial charge in [0.15, 0.2) is 0 Å². The highest BCUT2D eigenvalue weighted by atomic mass is 35.5. The maximum atomic E-state index is 12.7. The van der Waals surface area contributed by atoms with E-state index in [1.165, 1.54) is 30.3 Å². The third-order valence-corrected chi connectivity index (χ3v) is 6.29. The summed E-state index contributed by atoms with van der Waals surface area (Å²) in [6.07, 6.45) is 2.37. The molecule has 39 heavy (non-hydrogen) atoms. The van der Waals surface area contributed by atoms with Gasteiger partial charge in [-0.25, -0.2) is 9.78 Å². The molecule has 10 heteroatoms. The molecule has 1 atom stereocenters. The molecule has 0 spiro atoms. The van der Waals surface area contributed by atoms with E-state index < -0.39 is 23.5 Å². The van der Waals surface area contributed by atoms with Gasteiger partial charge in [0.1, 0.15) is 19.0 Å². The van der Waals surface area contributed by atoms with Crippen LogP contribution in [0.25, 0.3) is 0 Å². The summed E-state index contributed by atoms with van der Waals surface area (Å²) in [6.45, 7) is 11.2. The zero-order valence-corrected chi connectivity index (χ0v) is 24.2. The SMILES string of the molecule is CC.CO[n+]1cc(C(=O)OC(C)C(C)(C)COC(=O)Cc2ccccc2Nc2c(O)cccc2Cl)ncc1C. The monoisotopic (exact) mass is 558 g/mol. The number of halogens is 1. The molecular formula is C29H37ClN3O6+. The molecule has 0 saturated heterocycles. The number of esters is 2. The van der Waals surface area contributed by atoms with Gasteiger partial charge in [-0.2, -0.15) is 0 Å². The van der Waals surface area contributed by atoms with Crippen molar-refractivity contribution in [3.63, 3.8) is 0 Å². The van der Waals surface area contributed by atoms with E-state index in [2.05, 4.69) is 10.3 Å². The van der Waals surface area contributed by atoms with E-state index in [1.807, 2.05) is 27.7 Å². The number of ether oxygens (including phenoxy) is 2. The van der Waals surface area contributed by atoms with Crippen molar-refractivity contribution < 1.29 is 33.7 Å². The average molecular weight is 559 g/mol. The first-order chi connectivity index (χ1) is 18.5. The van der Waals surface area contributed by atoms with E-state index in [4.69, 9.17) is 25.9 Å². The number of hydrogen-bond acceptors (Lipinski definition) is 8. The first-order valence-electron chi connectivity index (χ1n) is 12.6. The summed E-state index contributed by atoms with van der Waals surface area (Å²) in [7, 11) is 1.48. The smallest absolute Gasteiger partial charge is 0.363 e. The molecule has 0 aliphatic carbocycles. The Morgan fingerprint density at radius 2 is 1.85 bits per heavy atom. The number of phenolic OH excluding ortho intramolecular Hbond substituents is 1. The fraction of sp³-hybridized carbons (Fsp3) is 0.379. The molecule has 0 aliphatic heterocycles. The standard InChI is InChI=1S/C27H30ClN3O6.C2H6/c1-17-14-29-22(15-31(17)35-5)26(34)37-18(2)27(3,4)16-36-24(33)13-19-9-6-7-11-21(19)30-25-20(28)10-8-12-23(25)32;1-2/h6-12,14-15,18,29H,13,16H2,1-5H3;1-2H3/p+1. The van der Waals surface area contributed by atoms with Gasteiger partial charge < -0.3 is 19.9 Å². The molecule has 1 unspecified atom stereocenters. The number of hydrogen-bond donors (Lipinski definition) is 2. The van der Waals surface area contributed by atoms with Gasteiger partial charge in [-0.1, -0.05) is 63.6 Å². The van der Waals surface area contributed by atoms with Crippen LogP contribution in [0.2, 0.25) is 5.02 Å². The molecular weight excluding hydrogens is 522 g/mol. The lowest BCUT2D eigenvalue weighted by Crippen LogP contribution is -2.44. The second kappa shape index (κ2) is 14.3. The highest BCUT2D eigenvalue weighted by molar-refractivity contribution is 6.33. The molecule has 3 aromatic rings. The minimum absolute atomic E-state index is 0.00645. The fourth-order valence-corrected chi connectivity index (χ4v) is 3.52. The summed E-state index contributed by atoms with van der Waals surface area (Å²) >= 11 is 6.20. The van der Waals surface area contributed by atoms with Crippen molar-refractivity contribution in [2.75, 3.05) is 19.0 Å². The van der Waals surface area contributed by atoms with E-state index in [-0.39, 0.29) is 24.5 Å². The fourth-order valence-electron chi connectivity index (χ4n) is 3.31. The van der Waals surface area contributed by atoms with Crippen molar-refractivity contribution >= 4 is 34.9 Å². The van der Waals surface area contributed by atoms with Crippen LogP contribution in [-0.2, 0) is 20.7 Å². The van der Waals surface area contributed by atoms with Crippen LogP contribution < -0.4 is 14.9 Å². The van der Waals surface area contributed by atoms with Gasteiger partial charge in [0, 0.05) is 22.8 Å². The lowest BCUT2D eigenvalue weighted by molar-refractivity contribution is -0.890. The molecule has 1 aromatic heterocycles. The van der Waals surface area contributed by atoms with Crippen molar-refractivity contribution in [1.82, 2.24) is 4.98 Å². The highest BCUT2D eigenvalue weighted by Gasteiger charge is 2.32. The molecule has 0 amide bonds. The molecule has 2 N–H and O–H groups in total. The zero-order chi connectivity index (χ0) is 29.2. The predicted molar refractivity (Wildman–Crippen MR) is 149 cm³/mol. The third-order valence-electron chi connectivity index (χ3n) is 5.98. The van der Waals surface area contributed by atoms with Gasteiger partial charge in [0.2, 0.25) is 11.4 Å². The van der Waals surface area contributed by atoms with Crippen LogP contribution in [0.5, 0.6) is 5.75 Å². The second-order valence-electron chi connectivity index (χ2n) is 9.21. The molecule has 0 bridgehead atoms. The van der Waals surface area contributed by atoms with E-state index >= 15 is 0 Å². The number of nitrogens with one attached hydrogen (secondary N) is 1.